The van der Waals surface area contributed by atoms with Gasteiger partial charge in [-0.25, -0.2) is 4.39 Å². The lowest BCUT2D eigenvalue weighted by molar-refractivity contribution is 0.102. The summed E-state index contributed by atoms with van der Waals surface area (Å²) in [5.41, 5.74) is 1.86. The van der Waals surface area contributed by atoms with Crippen molar-refractivity contribution in [2.75, 3.05) is 31.4 Å². The minimum absolute atomic E-state index is 0.153. The molecule has 0 saturated carbocycles. The van der Waals surface area contributed by atoms with E-state index in [1.807, 2.05) is 19.0 Å². The second kappa shape index (κ2) is 7.61. The zero-order valence-electron chi connectivity index (χ0n) is 14.6. The van der Waals surface area contributed by atoms with Crippen LogP contribution < -0.4 is 10.2 Å². The van der Waals surface area contributed by atoms with Gasteiger partial charge in [0.2, 0.25) is 0 Å². The largest absolute Gasteiger partial charge is 0.380 e. The van der Waals surface area contributed by atoms with Crippen molar-refractivity contribution in [1.29, 1.82) is 0 Å². The third kappa shape index (κ3) is 3.40. The number of carbonyl (C=O) groups is 1. The molecular formula is C19H18ClFN2O2S. The second-order valence-corrected chi connectivity index (χ2v) is 7.40. The molecule has 1 heterocycles. The number of rotatable bonds is 5. The lowest BCUT2D eigenvalue weighted by Gasteiger charge is -2.19. The van der Waals surface area contributed by atoms with Crippen molar-refractivity contribution in [1.82, 2.24) is 0 Å². The van der Waals surface area contributed by atoms with Crippen LogP contribution >= 0.6 is 22.9 Å². The normalized spacial score (nSPS) is 11.0. The first kappa shape index (κ1) is 18.6. The molecule has 0 fully saturated rings. The van der Waals surface area contributed by atoms with Gasteiger partial charge in [0.05, 0.1) is 27.9 Å². The Kier molecular flexibility index (Phi) is 5.46. The Balaban J connectivity index is 2.05. The van der Waals surface area contributed by atoms with E-state index in [9.17, 15) is 9.18 Å². The molecule has 0 spiro atoms. The fraction of sp³-hybridized carbons (Fsp3) is 0.211. The number of carbonyl (C=O) groups excluding carboxylic acids is 1. The van der Waals surface area contributed by atoms with Gasteiger partial charge in [0.15, 0.2) is 0 Å². The van der Waals surface area contributed by atoms with E-state index >= 15 is 0 Å². The van der Waals surface area contributed by atoms with Gasteiger partial charge >= 0.3 is 0 Å². The summed E-state index contributed by atoms with van der Waals surface area (Å²) >= 11 is 7.51. The number of fused-ring (bicyclic) bond motifs is 1. The summed E-state index contributed by atoms with van der Waals surface area (Å²) in [5.74, 6) is -0.676. The molecule has 1 N–H and O–H groups in total. The third-order valence-corrected chi connectivity index (χ3v) is 5.44. The van der Waals surface area contributed by atoms with E-state index in [-0.39, 0.29) is 18.3 Å². The number of anilines is 2. The molecule has 0 bridgehead atoms. The Bertz CT molecular complexity index is 972. The van der Waals surface area contributed by atoms with Crippen LogP contribution in [0.3, 0.4) is 0 Å². The van der Waals surface area contributed by atoms with Crippen LogP contribution in [-0.2, 0) is 11.3 Å². The smallest absolute Gasteiger partial charge is 0.266 e. The number of amides is 1. The standard InChI is InChI=1S/C19H18ClFN2O2S/c1-23(2)17-12(20)6-4-8-14(17)22-19(24)18-11(10-25-3)16-13(21)7-5-9-15(16)26-18/h4-9H,10H2,1-3H3,(H,22,24). The lowest BCUT2D eigenvalue weighted by Crippen LogP contribution is -2.17. The van der Waals surface area contributed by atoms with Crippen molar-refractivity contribution in [3.05, 3.63) is 57.7 Å². The van der Waals surface area contributed by atoms with Gasteiger partial charge in [0.25, 0.3) is 5.91 Å². The Hall–Kier alpha value is -2.15. The highest BCUT2D eigenvalue weighted by atomic mass is 35.5. The van der Waals surface area contributed by atoms with Crippen LogP contribution in [-0.4, -0.2) is 27.1 Å². The summed E-state index contributed by atoms with van der Waals surface area (Å²) in [6.07, 6.45) is 0. The van der Waals surface area contributed by atoms with Crippen LogP contribution in [0, 0.1) is 5.82 Å². The van der Waals surface area contributed by atoms with Gasteiger partial charge in [-0.05, 0) is 24.3 Å². The molecule has 0 unspecified atom stereocenters. The van der Waals surface area contributed by atoms with Crippen molar-refractivity contribution in [2.24, 2.45) is 0 Å². The molecule has 1 amide bonds. The average Bonchev–Trinajstić information content (AvgIpc) is 2.95. The van der Waals surface area contributed by atoms with Crippen LogP contribution in [0.4, 0.5) is 15.8 Å². The summed E-state index contributed by atoms with van der Waals surface area (Å²) < 4.78 is 20.2. The number of hydrogen-bond acceptors (Lipinski definition) is 4. The molecule has 0 saturated heterocycles. The summed E-state index contributed by atoms with van der Waals surface area (Å²) in [6, 6.07) is 10.1. The number of nitrogens with one attached hydrogen (secondary N) is 1. The van der Waals surface area contributed by atoms with Crippen LogP contribution in [0.5, 0.6) is 0 Å². The predicted molar refractivity (Wildman–Crippen MR) is 106 cm³/mol. The maximum absolute atomic E-state index is 14.3. The minimum Gasteiger partial charge on any atom is -0.380 e. The molecule has 7 heteroatoms. The van der Waals surface area contributed by atoms with Gasteiger partial charge in [-0.3, -0.25) is 4.79 Å². The number of ether oxygens (including phenoxy) is 1. The quantitative estimate of drug-likeness (QED) is 0.652. The van der Waals surface area contributed by atoms with Gasteiger partial charge in [0.1, 0.15) is 5.82 Å². The van der Waals surface area contributed by atoms with Gasteiger partial charge in [-0.1, -0.05) is 23.7 Å². The Morgan fingerprint density at radius 3 is 2.69 bits per heavy atom. The van der Waals surface area contributed by atoms with Crippen molar-refractivity contribution in [3.8, 4) is 0 Å². The molecule has 2 aromatic carbocycles. The van der Waals surface area contributed by atoms with E-state index < -0.39 is 0 Å². The molecule has 0 aliphatic rings. The fourth-order valence-corrected chi connectivity index (χ4v) is 4.34. The van der Waals surface area contributed by atoms with E-state index in [1.165, 1.54) is 24.5 Å². The number of nitrogens with zero attached hydrogens (tertiary/aromatic N) is 1. The molecule has 4 nitrogen and oxygen atoms in total. The first-order valence-electron chi connectivity index (χ1n) is 7.90. The highest BCUT2D eigenvalue weighted by Gasteiger charge is 2.22. The van der Waals surface area contributed by atoms with E-state index in [0.29, 0.717) is 36.9 Å². The number of halogens is 2. The second-order valence-electron chi connectivity index (χ2n) is 5.94. The van der Waals surface area contributed by atoms with Gasteiger partial charge in [-0.15, -0.1) is 11.3 Å². The molecular weight excluding hydrogens is 375 g/mol. The highest BCUT2D eigenvalue weighted by molar-refractivity contribution is 7.21. The maximum atomic E-state index is 14.3. The average molecular weight is 393 g/mol. The number of thiophene rings is 1. The molecule has 0 radical (unpaired) electrons. The SMILES string of the molecule is COCc1c(C(=O)Nc2cccc(Cl)c2N(C)C)sc2cccc(F)c12. The van der Waals surface area contributed by atoms with Crippen molar-refractivity contribution >= 4 is 50.3 Å². The third-order valence-electron chi connectivity index (χ3n) is 3.94. The molecule has 0 aliphatic heterocycles. The Morgan fingerprint density at radius 2 is 2.00 bits per heavy atom. The molecule has 0 atom stereocenters. The zero-order valence-corrected chi connectivity index (χ0v) is 16.2. The Labute approximate surface area is 160 Å². The number of methoxy groups -OCH3 is 1. The lowest BCUT2D eigenvalue weighted by atomic mass is 10.1. The van der Waals surface area contributed by atoms with Gasteiger partial charge in [0, 0.05) is 36.9 Å². The summed E-state index contributed by atoms with van der Waals surface area (Å²) in [6.45, 7) is 0.153. The van der Waals surface area contributed by atoms with Crippen molar-refractivity contribution in [2.45, 2.75) is 6.61 Å². The topological polar surface area (TPSA) is 41.6 Å². The number of hydrogen-bond donors (Lipinski definition) is 1. The molecule has 136 valence electrons. The first-order valence-corrected chi connectivity index (χ1v) is 9.09. The van der Waals surface area contributed by atoms with Crippen LogP contribution in [0.25, 0.3) is 10.1 Å². The van der Waals surface area contributed by atoms with Crippen LogP contribution in [0.2, 0.25) is 5.02 Å². The molecule has 1 aromatic heterocycles. The summed E-state index contributed by atoms with van der Waals surface area (Å²) in [5, 5.41) is 3.86. The van der Waals surface area contributed by atoms with Crippen molar-refractivity contribution < 1.29 is 13.9 Å². The highest BCUT2D eigenvalue weighted by Crippen LogP contribution is 2.36. The fourth-order valence-electron chi connectivity index (χ4n) is 2.88. The maximum Gasteiger partial charge on any atom is 0.266 e. The molecule has 3 aromatic rings. The predicted octanol–water partition coefficient (Wildman–Crippen LogP) is 5.16. The van der Waals surface area contributed by atoms with E-state index in [1.54, 1.807) is 30.3 Å². The van der Waals surface area contributed by atoms with E-state index in [4.69, 9.17) is 16.3 Å². The monoisotopic (exact) mass is 392 g/mol. The molecule has 3 rings (SSSR count). The zero-order chi connectivity index (χ0) is 18.8. The van der Waals surface area contributed by atoms with Gasteiger partial charge < -0.3 is 15.0 Å². The number of para-hydroxylation sites is 1. The van der Waals surface area contributed by atoms with Crippen molar-refractivity contribution in [3.63, 3.8) is 0 Å². The van der Waals surface area contributed by atoms with Crippen LogP contribution in [0.15, 0.2) is 36.4 Å². The van der Waals surface area contributed by atoms with E-state index in [0.717, 1.165) is 0 Å². The van der Waals surface area contributed by atoms with Gasteiger partial charge in [-0.2, -0.15) is 0 Å². The van der Waals surface area contributed by atoms with E-state index in [2.05, 4.69) is 5.32 Å². The molecule has 26 heavy (non-hydrogen) atoms. The first-order chi connectivity index (χ1) is 12.4. The summed E-state index contributed by atoms with van der Waals surface area (Å²) in [4.78, 5) is 15.2. The summed E-state index contributed by atoms with van der Waals surface area (Å²) in [7, 11) is 5.22. The minimum atomic E-state index is -0.360. The number of benzene rings is 2. The Morgan fingerprint density at radius 1 is 1.27 bits per heavy atom. The van der Waals surface area contributed by atoms with Crippen LogP contribution in [0.1, 0.15) is 15.2 Å². The molecule has 0 aliphatic carbocycles.